The highest BCUT2D eigenvalue weighted by Gasteiger charge is 2.51. The average Bonchev–Trinajstić information content (AvgIpc) is 3.01. The number of hydrogen-bond donors (Lipinski definition) is 1. The number of carbonyl (C=O) groups excluding carboxylic acids is 1. The summed E-state index contributed by atoms with van der Waals surface area (Å²) >= 11 is 0. The van der Waals surface area contributed by atoms with Crippen LogP contribution < -0.4 is 15.5 Å². The van der Waals surface area contributed by atoms with E-state index in [0.29, 0.717) is 0 Å². The summed E-state index contributed by atoms with van der Waals surface area (Å²) in [4.78, 5) is 11.3. The number of ether oxygens (including phenoxy) is 1. The first-order valence-corrected chi connectivity index (χ1v) is 9.07. The molecule has 0 bridgehead atoms. The average molecular weight is 345 g/mol. The van der Waals surface area contributed by atoms with Gasteiger partial charge in [-0.1, -0.05) is 12.1 Å². The SMILES string of the molecule is CC(=O)N[C@H]1CCC[C@H]1Oc1ccc(B2OC(C)(C)C(C)(C)O2)cc1. The summed E-state index contributed by atoms with van der Waals surface area (Å²) in [7, 11) is -0.363. The molecule has 1 aliphatic heterocycles. The van der Waals surface area contributed by atoms with Crippen LogP contribution in [0.4, 0.5) is 0 Å². The molecule has 6 heteroatoms. The van der Waals surface area contributed by atoms with Crippen LogP contribution in [0.5, 0.6) is 5.75 Å². The maximum absolute atomic E-state index is 11.3. The second-order valence-electron chi connectivity index (χ2n) is 8.05. The van der Waals surface area contributed by atoms with Gasteiger partial charge in [0.1, 0.15) is 11.9 Å². The highest BCUT2D eigenvalue weighted by molar-refractivity contribution is 6.62. The number of nitrogens with one attached hydrogen (secondary N) is 1. The van der Waals surface area contributed by atoms with Gasteiger partial charge in [-0.25, -0.2) is 0 Å². The van der Waals surface area contributed by atoms with Crippen molar-refractivity contribution in [2.45, 2.75) is 77.2 Å². The van der Waals surface area contributed by atoms with Crippen LogP contribution in [0.1, 0.15) is 53.9 Å². The Morgan fingerprint density at radius 3 is 2.28 bits per heavy atom. The number of rotatable bonds is 4. The first kappa shape index (κ1) is 18.3. The Kier molecular flexibility index (Phi) is 4.86. The van der Waals surface area contributed by atoms with Crippen molar-refractivity contribution in [1.29, 1.82) is 0 Å². The Morgan fingerprint density at radius 2 is 1.72 bits per heavy atom. The predicted octanol–water partition coefficient (Wildman–Crippen LogP) is 2.42. The number of amides is 1. The van der Waals surface area contributed by atoms with Crippen molar-refractivity contribution in [3.05, 3.63) is 24.3 Å². The minimum absolute atomic E-state index is 0.00314. The van der Waals surface area contributed by atoms with Gasteiger partial charge >= 0.3 is 7.12 Å². The van der Waals surface area contributed by atoms with Gasteiger partial charge in [-0.05, 0) is 64.6 Å². The summed E-state index contributed by atoms with van der Waals surface area (Å²) in [5.74, 6) is 0.805. The molecule has 0 aromatic heterocycles. The van der Waals surface area contributed by atoms with Crippen LogP contribution in [0.15, 0.2) is 24.3 Å². The molecular formula is C19H28BNO4. The van der Waals surface area contributed by atoms with Crippen LogP contribution in [-0.2, 0) is 14.1 Å². The summed E-state index contributed by atoms with van der Waals surface area (Å²) in [6.45, 7) is 9.74. The lowest BCUT2D eigenvalue weighted by Crippen LogP contribution is -2.41. The third-order valence-corrected chi connectivity index (χ3v) is 5.53. The van der Waals surface area contributed by atoms with Crippen LogP contribution in [0.25, 0.3) is 0 Å². The van der Waals surface area contributed by atoms with Crippen molar-refractivity contribution in [2.75, 3.05) is 0 Å². The van der Waals surface area contributed by atoms with E-state index < -0.39 is 0 Å². The standard InChI is InChI=1S/C19H28BNO4/c1-13(22)21-16-7-6-8-17(16)23-15-11-9-14(10-12-15)20-24-18(2,3)19(4,5)25-20/h9-12,16-17H,6-8H2,1-5H3,(H,21,22)/t16-,17+/m0/s1. The Hall–Kier alpha value is -1.53. The molecular weight excluding hydrogens is 317 g/mol. The highest BCUT2D eigenvalue weighted by Crippen LogP contribution is 2.36. The molecule has 0 spiro atoms. The lowest BCUT2D eigenvalue weighted by Gasteiger charge is -2.32. The zero-order chi connectivity index (χ0) is 18.2. The molecule has 1 aromatic carbocycles. The van der Waals surface area contributed by atoms with Gasteiger partial charge in [0.25, 0.3) is 0 Å². The molecule has 3 rings (SSSR count). The second kappa shape index (κ2) is 6.65. The smallest absolute Gasteiger partial charge is 0.488 e. The molecule has 1 amide bonds. The second-order valence-corrected chi connectivity index (χ2v) is 8.05. The maximum Gasteiger partial charge on any atom is 0.494 e. The highest BCUT2D eigenvalue weighted by atomic mass is 16.7. The van der Waals surface area contributed by atoms with Gasteiger partial charge in [0, 0.05) is 6.92 Å². The third kappa shape index (κ3) is 3.85. The maximum atomic E-state index is 11.3. The van der Waals surface area contributed by atoms with E-state index in [1.54, 1.807) is 6.92 Å². The zero-order valence-corrected chi connectivity index (χ0v) is 15.8. The Labute approximate surface area is 150 Å². The van der Waals surface area contributed by atoms with Gasteiger partial charge in [-0.15, -0.1) is 0 Å². The molecule has 1 aliphatic carbocycles. The van der Waals surface area contributed by atoms with Crippen molar-refractivity contribution in [3.8, 4) is 5.75 Å². The molecule has 2 atom stereocenters. The minimum atomic E-state index is -0.363. The van der Waals surface area contributed by atoms with Crippen LogP contribution in [0.3, 0.4) is 0 Å². The monoisotopic (exact) mass is 345 g/mol. The molecule has 136 valence electrons. The van der Waals surface area contributed by atoms with E-state index in [2.05, 4.69) is 5.32 Å². The first-order valence-electron chi connectivity index (χ1n) is 9.07. The lowest BCUT2D eigenvalue weighted by atomic mass is 9.79. The van der Waals surface area contributed by atoms with Crippen LogP contribution in [0, 0.1) is 0 Å². The Balaban J connectivity index is 1.64. The quantitative estimate of drug-likeness (QED) is 0.852. The number of benzene rings is 1. The molecule has 1 N–H and O–H groups in total. The summed E-state index contributed by atoms with van der Waals surface area (Å²) in [5, 5.41) is 2.98. The molecule has 2 aliphatic rings. The molecule has 5 nitrogen and oxygen atoms in total. The molecule has 25 heavy (non-hydrogen) atoms. The Bertz CT molecular complexity index is 613. The van der Waals surface area contributed by atoms with Gasteiger partial charge in [-0.3, -0.25) is 4.79 Å². The number of carbonyl (C=O) groups is 1. The summed E-state index contributed by atoms with van der Waals surface area (Å²) in [6.07, 6.45) is 3.04. The van der Waals surface area contributed by atoms with Crippen molar-refractivity contribution < 1.29 is 18.8 Å². The normalized spacial score (nSPS) is 27.3. The van der Waals surface area contributed by atoms with Gasteiger partial charge in [0.15, 0.2) is 0 Å². The zero-order valence-electron chi connectivity index (χ0n) is 15.8. The summed E-state index contributed by atoms with van der Waals surface area (Å²) in [6, 6.07) is 7.97. The molecule has 0 radical (unpaired) electrons. The lowest BCUT2D eigenvalue weighted by molar-refractivity contribution is -0.120. The topological polar surface area (TPSA) is 56.8 Å². The van der Waals surface area contributed by atoms with E-state index >= 15 is 0 Å². The van der Waals surface area contributed by atoms with E-state index in [9.17, 15) is 4.79 Å². The molecule has 1 heterocycles. The molecule has 1 saturated carbocycles. The van der Waals surface area contributed by atoms with E-state index in [-0.39, 0.29) is 36.4 Å². The first-order chi connectivity index (χ1) is 11.7. The van der Waals surface area contributed by atoms with Crippen molar-refractivity contribution in [2.24, 2.45) is 0 Å². The third-order valence-electron chi connectivity index (χ3n) is 5.53. The summed E-state index contributed by atoms with van der Waals surface area (Å²) < 4.78 is 18.2. The fraction of sp³-hybridized carbons (Fsp3) is 0.632. The molecule has 2 fully saturated rings. The van der Waals surface area contributed by atoms with Crippen LogP contribution in [-0.4, -0.2) is 36.4 Å². The largest absolute Gasteiger partial charge is 0.494 e. The van der Waals surface area contributed by atoms with Gasteiger partial charge in [-0.2, -0.15) is 0 Å². The predicted molar refractivity (Wildman–Crippen MR) is 98.0 cm³/mol. The molecule has 1 saturated heterocycles. The van der Waals surface area contributed by atoms with Crippen molar-refractivity contribution in [3.63, 3.8) is 0 Å². The molecule has 1 aromatic rings. The number of hydrogen-bond acceptors (Lipinski definition) is 4. The Morgan fingerprint density at radius 1 is 1.12 bits per heavy atom. The molecule has 0 unspecified atom stereocenters. The fourth-order valence-electron chi connectivity index (χ4n) is 3.35. The van der Waals surface area contributed by atoms with Gasteiger partial charge in [0.05, 0.1) is 17.2 Å². The van der Waals surface area contributed by atoms with Gasteiger partial charge < -0.3 is 19.4 Å². The van der Waals surface area contributed by atoms with E-state index in [1.165, 1.54) is 0 Å². The van der Waals surface area contributed by atoms with E-state index in [4.69, 9.17) is 14.0 Å². The van der Waals surface area contributed by atoms with Crippen LogP contribution >= 0.6 is 0 Å². The van der Waals surface area contributed by atoms with Crippen LogP contribution in [0.2, 0.25) is 0 Å². The van der Waals surface area contributed by atoms with Crippen molar-refractivity contribution in [1.82, 2.24) is 5.32 Å². The van der Waals surface area contributed by atoms with E-state index in [1.807, 2.05) is 52.0 Å². The van der Waals surface area contributed by atoms with Crippen molar-refractivity contribution >= 4 is 18.5 Å². The van der Waals surface area contributed by atoms with E-state index in [0.717, 1.165) is 30.5 Å². The fourth-order valence-corrected chi connectivity index (χ4v) is 3.35. The summed E-state index contributed by atoms with van der Waals surface area (Å²) in [5.41, 5.74) is 0.292. The van der Waals surface area contributed by atoms with Gasteiger partial charge in [0.2, 0.25) is 5.91 Å². The minimum Gasteiger partial charge on any atom is -0.488 e.